The molecular weight excluding hydrogens is 341 g/mol. The van der Waals surface area contributed by atoms with Crippen molar-refractivity contribution in [2.24, 2.45) is 0 Å². The van der Waals surface area contributed by atoms with Crippen molar-refractivity contribution in [3.8, 4) is 11.5 Å². The maximum Gasteiger partial charge on any atom is 0.231 e. The summed E-state index contributed by atoms with van der Waals surface area (Å²) in [5.41, 5.74) is 13.6. The van der Waals surface area contributed by atoms with E-state index in [0.717, 1.165) is 48.1 Å². The summed E-state index contributed by atoms with van der Waals surface area (Å²) < 4.78 is 11.2. The SMILES string of the molecule is Cl.Cl.Nc1nc(N)c2c(C3CCNCC3)c3c(cc2n1)OCO3. The molecule has 1 aromatic carbocycles. The second kappa shape index (κ2) is 6.82. The quantitative estimate of drug-likeness (QED) is 0.712. The Kier molecular flexibility index (Phi) is 5.23. The fourth-order valence-corrected chi connectivity index (χ4v) is 3.24. The van der Waals surface area contributed by atoms with Crippen molar-refractivity contribution in [2.45, 2.75) is 18.8 Å². The zero-order chi connectivity index (χ0) is 14.4. The number of benzene rings is 1. The largest absolute Gasteiger partial charge is 0.453 e. The van der Waals surface area contributed by atoms with Gasteiger partial charge in [-0.25, -0.2) is 4.98 Å². The van der Waals surface area contributed by atoms with Gasteiger partial charge in [0.05, 0.1) is 10.9 Å². The van der Waals surface area contributed by atoms with E-state index >= 15 is 0 Å². The maximum atomic E-state index is 6.12. The molecule has 0 spiro atoms. The molecule has 0 saturated carbocycles. The van der Waals surface area contributed by atoms with Crippen LogP contribution in [0.1, 0.15) is 24.3 Å². The van der Waals surface area contributed by atoms with Crippen molar-refractivity contribution in [1.29, 1.82) is 0 Å². The van der Waals surface area contributed by atoms with Crippen LogP contribution in [0, 0.1) is 0 Å². The molecule has 0 amide bonds. The number of aromatic nitrogens is 2. The van der Waals surface area contributed by atoms with Crippen molar-refractivity contribution in [3.63, 3.8) is 0 Å². The average molecular weight is 360 g/mol. The highest BCUT2D eigenvalue weighted by Gasteiger charge is 2.29. The molecule has 3 heterocycles. The van der Waals surface area contributed by atoms with Gasteiger partial charge in [0.1, 0.15) is 5.82 Å². The summed E-state index contributed by atoms with van der Waals surface area (Å²) in [6, 6.07) is 1.83. The number of rotatable bonds is 1. The minimum atomic E-state index is 0. The fourth-order valence-electron chi connectivity index (χ4n) is 3.24. The molecule has 1 saturated heterocycles. The zero-order valence-corrected chi connectivity index (χ0v) is 14.0. The Hall–Kier alpha value is -1.70. The predicted molar refractivity (Wildman–Crippen MR) is 93.8 cm³/mol. The van der Waals surface area contributed by atoms with E-state index in [1.54, 1.807) is 0 Å². The van der Waals surface area contributed by atoms with Gasteiger partial charge in [-0.15, -0.1) is 24.8 Å². The number of halogens is 2. The van der Waals surface area contributed by atoms with Crippen LogP contribution in [-0.2, 0) is 0 Å². The zero-order valence-electron chi connectivity index (χ0n) is 12.4. The van der Waals surface area contributed by atoms with Crippen LogP contribution in [0.3, 0.4) is 0 Å². The fraction of sp³-hybridized carbons (Fsp3) is 0.429. The van der Waals surface area contributed by atoms with E-state index in [2.05, 4.69) is 15.3 Å². The molecule has 2 aliphatic heterocycles. The van der Waals surface area contributed by atoms with Crippen LogP contribution in [0.2, 0.25) is 0 Å². The predicted octanol–water partition coefficient (Wildman–Crippen LogP) is 1.83. The Morgan fingerprint density at radius 1 is 1.09 bits per heavy atom. The summed E-state index contributed by atoms with van der Waals surface area (Å²) >= 11 is 0. The van der Waals surface area contributed by atoms with Gasteiger partial charge in [-0.3, -0.25) is 0 Å². The number of nitrogens with two attached hydrogens (primary N) is 2. The number of anilines is 2. The first-order valence-electron chi connectivity index (χ1n) is 7.10. The first-order valence-corrected chi connectivity index (χ1v) is 7.10. The van der Waals surface area contributed by atoms with Crippen molar-refractivity contribution in [2.75, 3.05) is 31.3 Å². The van der Waals surface area contributed by atoms with Gasteiger partial charge in [-0.2, -0.15) is 4.98 Å². The van der Waals surface area contributed by atoms with E-state index in [1.807, 2.05) is 6.07 Å². The molecule has 0 aliphatic carbocycles. The van der Waals surface area contributed by atoms with Crippen molar-refractivity contribution < 1.29 is 9.47 Å². The van der Waals surface area contributed by atoms with Crippen molar-refractivity contribution >= 4 is 47.5 Å². The smallest absolute Gasteiger partial charge is 0.231 e. The number of nitrogens with one attached hydrogen (secondary N) is 1. The highest BCUT2D eigenvalue weighted by molar-refractivity contribution is 5.96. The van der Waals surface area contributed by atoms with Gasteiger partial charge in [0.15, 0.2) is 11.5 Å². The van der Waals surface area contributed by atoms with Gasteiger partial charge >= 0.3 is 0 Å². The van der Waals surface area contributed by atoms with Crippen molar-refractivity contribution in [3.05, 3.63) is 11.6 Å². The summed E-state index contributed by atoms with van der Waals surface area (Å²) in [4.78, 5) is 8.42. The minimum Gasteiger partial charge on any atom is -0.453 e. The van der Waals surface area contributed by atoms with Gasteiger partial charge in [0.25, 0.3) is 0 Å². The lowest BCUT2D eigenvalue weighted by molar-refractivity contribution is 0.173. The summed E-state index contributed by atoms with van der Waals surface area (Å²) in [5, 5.41) is 4.22. The number of nitrogens with zero attached hydrogens (tertiary/aromatic N) is 2. The summed E-state index contributed by atoms with van der Waals surface area (Å²) in [6.07, 6.45) is 2.05. The molecular formula is C14H19Cl2N5O2. The van der Waals surface area contributed by atoms with Gasteiger partial charge < -0.3 is 26.3 Å². The Balaban J connectivity index is 0.000000960. The van der Waals surface area contributed by atoms with Gasteiger partial charge in [0, 0.05) is 11.6 Å². The normalized spacial score (nSPS) is 16.7. The highest BCUT2D eigenvalue weighted by atomic mass is 35.5. The van der Waals surface area contributed by atoms with E-state index in [4.69, 9.17) is 20.9 Å². The molecule has 0 bridgehead atoms. The lowest BCUT2D eigenvalue weighted by Gasteiger charge is -2.25. The molecule has 0 radical (unpaired) electrons. The van der Waals surface area contributed by atoms with E-state index in [-0.39, 0.29) is 37.6 Å². The van der Waals surface area contributed by atoms with Crippen LogP contribution in [0.5, 0.6) is 11.5 Å². The molecule has 0 atom stereocenters. The Bertz CT molecular complexity index is 722. The lowest BCUT2D eigenvalue weighted by Crippen LogP contribution is -2.27. The molecule has 9 heteroatoms. The molecule has 4 rings (SSSR count). The molecule has 2 aliphatic rings. The van der Waals surface area contributed by atoms with Gasteiger partial charge in [0.2, 0.25) is 12.7 Å². The Morgan fingerprint density at radius 3 is 2.57 bits per heavy atom. The van der Waals surface area contributed by atoms with Crippen LogP contribution in [0.15, 0.2) is 6.07 Å². The van der Waals surface area contributed by atoms with Crippen LogP contribution in [-0.4, -0.2) is 29.9 Å². The number of hydrogen-bond donors (Lipinski definition) is 3. The number of hydrogen-bond acceptors (Lipinski definition) is 7. The third-order valence-corrected chi connectivity index (χ3v) is 4.15. The third kappa shape index (κ3) is 2.91. The van der Waals surface area contributed by atoms with E-state index < -0.39 is 0 Å². The maximum absolute atomic E-state index is 6.12. The van der Waals surface area contributed by atoms with Gasteiger partial charge in [-0.05, 0) is 31.8 Å². The Morgan fingerprint density at radius 2 is 1.83 bits per heavy atom. The molecule has 0 unspecified atom stereocenters. The standard InChI is InChI=1S/C14H17N5O2.2ClH/c15-13-11-8(18-14(16)19-13)5-9-12(21-6-20-9)10(11)7-1-3-17-4-2-7;;/h5,7,17H,1-4,6H2,(H4,15,16,18,19);2*1H. The summed E-state index contributed by atoms with van der Waals surface area (Å²) in [7, 11) is 0. The van der Waals surface area contributed by atoms with E-state index in [1.165, 1.54) is 0 Å². The molecule has 126 valence electrons. The number of ether oxygens (including phenoxy) is 2. The average Bonchev–Trinajstić information content (AvgIpc) is 2.93. The second-order valence-corrected chi connectivity index (χ2v) is 5.41. The molecule has 7 nitrogen and oxygen atoms in total. The summed E-state index contributed by atoms with van der Waals surface area (Å²) in [5.74, 6) is 2.45. The lowest BCUT2D eigenvalue weighted by atomic mass is 9.87. The Labute approximate surface area is 145 Å². The first-order chi connectivity index (χ1) is 10.2. The summed E-state index contributed by atoms with van der Waals surface area (Å²) in [6.45, 7) is 2.19. The second-order valence-electron chi connectivity index (χ2n) is 5.41. The molecule has 2 aromatic rings. The molecule has 1 fully saturated rings. The van der Waals surface area contributed by atoms with Crippen LogP contribution in [0.25, 0.3) is 10.9 Å². The minimum absolute atomic E-state index is 0. The number of piperidine rings is 1. The topological polar surface area (TPSA) is 108 Å². The first kappa shape index (κ1) is 17.7. The number of nitrogen functional groups attached to an aromatic ring is 2. The molecule has 1 aromatic heterocycles. The van der Waals surface area contributed by atoms with E-state index in [9.17, 15) is 0 Å². The van der Waals surface area contributed by atoms with E-state index in [0.29, 0.717) is 17.5 Å². The number of fused-ring (bicyclic) bond motifs is 2. The highest BCUT2D eigenvalue weighted by Crippen LogP contribution is 2.47. The molecule has 5 N–H and O–H groups in total. The van der Waals surface area contributed by atoms with Crippen LogP contribution in [0.4, 0.5) is 11.8 Å². The van der Waals surface area contributed by atoms with Gasteiger partial charge in [-0.1, -0.05) is 0 Å². The molecule has 23 heavy (non-hydrogen) atoms. The third-order valence-electron chi connectivity index (χ3n) is 4.15. The van der Waals surface area contributed by atoms with Crippen LogP contribution >= 0.6 is 24.8 Å². The van der Waals surface area contributed by atoms with Crippen LogP contribution < -0.4 is 26.3 Å². The van der Waals surface area contributed by atoms with Crippen molar-refractivity contribution in [1.82, 2.24) is 15.3 Å². The monoisotopic (exact) mass is 359 g/mol.